The highest BCUT2D eigenvalue weighted by Crippen LogP contribution is 2.24. The molecule has 0 aliphatic carbocycles. The molecule has 0 fully saturated rings. The van der Waals surface area contributed by atoms with E-state index in [9.17, 15) is 4.79 Å². The molecule has 0 radical (unpaired) electrons. The molecule has 0 spiro atoms. The second-order valence-corrected chi connectivity index (χ2v) is 3.13. The summed E-state index contributed by atoms with van der Waals surface area (Å²) in [6, 6.07) is 7.24. The number of ether oxygens (including phenoxy) is 1. The summed E-state index contributed by atoms with van der Waals surface area (Å²) < 4.78 is 10.3. The van der Waals surface area contributed by atoms with E-state index in [1.165, 1.54) is 6.20 Å². The normalized spacial score (nSPS) is 10.1. The van der Waals surface area contributed by atoms with Crippen LogP contribution >= 0.6 is 0 Å². The van der Waals surface area contributed by atoms with Crippen molar-refractivity contribution in [2.75, 3.05) is 7.11 Å². The van der Waals surface area contributed by atoms with Crippen LogP contribution in [0.1, 0.15) is 10.7 Å². The highest BCUT2D eigenvalue weighted by molar-refractivity contribution is 5.88. The van der Waals surface area contributed by atoms with Gasteiger partial charge in [-0.15, -0.1) is 0 Å². The molecule has 0 bridgehead atoms. The minimum absolute atomic E-state index is 0.0992. The lowest BCUT2D eigenvalue weighted by Gasteiger charge is -2.00. The fourth-order valence-electron chi connectivity index (χ4n) is 1.30. The average Bonchev–Trinajstić information content (AvgIpc) is 2.78. The van der Waals surface area contributed by atoms with Crippen LogP contribution in [0.25, 0.3) is 11.3 Å². The zero-order chi connectivity index (χ0) is 11.5. The molecule has 16 heavy (non-hydrogen) atoms. The fourth-order valence-corrected chi connectivity index (χ4v) is 1.30. The van der Waals surface area contributed by atoms with Crippen molar-refractivity contribution in [2.45, 2.75) is 0 Å². The molecule has 0 aliphatic rings. The van der Waals surface area contributed by atoms with Gasteiger partial charge in [-0.05, 0) is 12.1 Å². The lowest BCUT2D eigenvalue weighted by molar-refractivity contribution is 0.0968. The third-order valence-corrected chi connectivity index (χ3v) is 2.07. The van der Waals surface area contributed by atoms with Crippen molar-refractivity contribution in [3.05, 3.63) is 36.4 Å². The van der Waals surface area contributed by atoms with Crippen molar-refractivity contribution in [3.63, 3.8) is 0 Å². The van der Waals surface area contributed by atoms with Gasteiger partial charge in [0.1, 0.15) is 5.75 Å². The number of amides is 1. The Kier molecular flexibility index (Phi) is 2.59. The highest BCUT2D eigenvalue weighted by atomic mass is 16.5. The number of nitrogens with zero attached hydrogens (tertiary/aromatic N) is 1. The van der Waals surface area contributed by atoms with E-state index in [-0.39, 0.29) is 5.89 Å². The van der Waals surface area contributed by atoms with Gasteiger partial charge in [0.15, 0.2) is 5.76 Å². The van der Waals surface area contributed by atoms with Gasteiger partial charge in [0, 0.05) is 5.56 Å². The second kappa shape index (κ2) is 4.06. The molecule has 0 aliphatic heterocycles. The quantitative estimate of drug-likeness (QED) is 0.845. The van der Waals surface area contributed by atoms with E-state index >= 15 is 0 Å². The lowest BCUT2D eigenvalue weighted by Crippen LogP contribution is -2.10. The third kappa shape index (κ3) is 1.88. The highest BCUT2D eigenvalue weighted by Gasteiger charge is 2.10. The van der Waals surface area contributed by atoms with Crippen LogP contribution in [-0.2, 0) is 0 Å². The van der Waals surface area contributed by atoms with Crippen LogP contribution in [-0.4, -0.2) is 18.0 Å². The van der Waals surface area contributed by atoms with Crippen molar-refractivity contribution < 1.29 is 13.9 Å². The number of nitrogens with two attached hydrogens (primary N) is 1. The molecule has 0 atom stereocenters. The van der Waals surface area contributed by atoms with Gasteiger partial charge in [-0.3, -0.25) is 4.79 Å². The van der Waals surface area contributed by atoms with E-state index in [2.05, 4.69) is 4.98 Å². The Labute approximate surface area is 91.8 Å². The number of rotatable bonds is 3. The van der Waals surface area contributed by atoms with Crippen LogP contribution < -0.4 is 10.5 Å². The molecule has 1 heterocycles. The number of benzene rings is 1. The Bertz CT molecular complexity index is 519. The number of hydrogen-bond donors (Lipinski definition) is 1. The molecule has 0 saturated heterocycles. The molecule has 2 aromatic rings. The number of aromatic nitrogens is 1. The Hall–Kier alpha value is -2.30. The van der Waals surface area contributed by atoms with Gasteiger partial charge in [-0.1, -0.05) is 12.1 Å². The predicted octanol–water partition coefficient (Wildman–Crippen LogP) is 1.45. The minimum Gasteiger partial charge on any atom is -0.497 e. The molecule has 1 amide bonds. The van der Waals surface area contributed by atoms with Gasteiger partial charge in [-0.25, -0.2) is 4.98 Å². The minimum atomic E-state index is -0.686. The van der Waals surface area contributed by atoms with E-state index in [1.807, 2.05) is 18.2 Å². The molecule has 5 nitrogen and oxygen atoms in total. The first-order valence-corrected chi connectivity index (χ1v) is 4.61. The molecule has 0 unspecified atom stereocenters. The second-order valence-electron chi connectivity index (χ2n) is 3.13. The monoisotopic (exact) mass is 218 g/mol. The number of carbonyl (C=O) groups is 1. The van der Waals surface area contributed by atoms with E-state index in [1.54, 1.807) is 13.2 Å². The Balaban J connectivity index is 2.38. The first-order chi connectivity index (χ1) is 7.70. The topological polar surface area (TPSA) is 78.4 Å². The van der Waals surface area contributed by atoms with E-state index in [0.29, 0.717) is 11.5 Å². The number of hydrogen-bond acceptors (Lipinski definition) is 4. The van der Waals surface area contributed by atoms with Crippen molar-refractivity contribution in [3.8, 4) is 17.1 Å². The largest absolute Gasteiger partial charge is 0.497 e. The van der Waals surface area contributed by atoms with Crippen LogP contribution in [0.3, 0.4) is 0 Å². The zero-order valence-electron chi connectivity index (χ0n) is 8.64. The van der Waals surface area contributed by atoms with Crippen LogP contribution in [0.4, 0.5) is 0 Å². The molecule has 0 saturated carbocycles. The number of primary amides is 1. The summed E-state index contributed by atoms with van der Waals surface area (Å²) in [5, 5.41) is 0. The van der Waals surface area contributed by atoms with E-state index in [0.717, 1.165) is 5.56 Å². The molecular weight excluding hydrogens is 208 g/mol. The molecule has 2 N–H and O–H groups in total. The van der Waals surface area contributed by atoms with Crippen molar-refractivity contribution >= 4 is 5.91 Å². The van der Waals surface area contributed by atoms with Crippen LogP contribution in [0.2, 0.25) is 0 Å². The standard InChI is InChI=1S/C11H10N2O3/c1-15-8-4-2-3-7(5-8)9-6-13-11(16-9)10(12)14/h2-6H,1H3,(H2,12,14). The summed E-state index contributed by atoms with van der Waals surface area (Å²) >= 11 is 0. The number of methoxy groups -OCH3 is 1. The van der Waals surface area contributed by atoms with E-state index in [4.69, 9.17) is 14.9 Å². The van der Waals surface area contributed by atoms with Crippen molar-refractivity contribution in [1.29, 1.82) is 0 Å². The average molecular weight is 218 g/mol. The third-order valence-electron chi connectivity index (χ3n) is 2.07. The van der Waals surface area contributed by atoms with Gasteiger partial charge in [-0.2, -0.15) is 0 Å². The van der Waals surface area contributed by atoms with Crippen LogP contribution in [0, 0.1) is 0 Å². The Morgan fingerprint density at radius 1 is 1.50 bits per heavy atom. The zero-order valence-corrected chi connectivity index (χ0v) is 8.64. The lowest BCUT2D eigenvalue weighted by atomic mass is 10.2. The molecular formula is C11H10N2O3. The fraction of sp³-hybridized carbons (Fsp3) is 0.0909. The first kappa shape index (κ1) is 10.2. The maximum atomic E-state index is 10.8. The van der Waals surface area contributed by atoms with Gasteiger partial charge >= 0.3 is 5.91 Å². The maximum Gasteiger partial charge on any atom is 0.304 e. The summed E-state index contributed by atoms with van der Waals surface area (Å²) in [6.07, 6.45) is 1.45. The summed E-state index contributed by atoms with van der Waals surface area (Å²) in [4.78, 5) is 14.6. The van der Waals surface area contributed by atoms with Gasteiger partial charge in [0.05, 0.1) is 13.3 Å². The predicted molar refractivity (Wildman–Crippen MR) is 57.0 cm³/mol. The Morgan fingerprint density at radius 3 is 2.94 bits per heavy atom. The smallest absolute Gasteiger partial charge is 0.304 e. The van der Waals surface area contributed by atoms with Gasteiger partial charge in [0.25, 0.3) is 5.89 Å². The molecule has 5 heteroatoms. The molecule has 1 aromatic heterocycles. The van der Waals surface area contributed by atoms with E-state index < -0.39 is 5.91 Å². The molecule has 2 rings (SSSR count). The van der Waals surface area contributed by atoms with Crippen molar-refractivity contribution in [1.82, 2.24) is 4.98 Å². The SMILES string of the molecule is COc1cccc(-c2cnc(C(N)=O)o2)c1. The van der Waals surface area contributed by atoms with Crippen molar-refractivity contribution in [2.24, 2.45) is 5.73 Å². The first-order valence-electron chi connectivity index (χ1n) is 4.61. The molecule has 1 aromatic carbocycles. The van der Waals surface area contributed by atoms with Crippen LogP contribution in [0.5, 0.6) is 5.75 Å². The summed E-state index contributed by atoms with van der Waals surface area (Å²) in [6.45, 7) is 0. The number of carbonyl (C=O) groups excluding carboxylic acids is 1. The Morgan fingerprint density at radius 2 is 2.31 bits per heavy atom. The summed E-state index contributed by atoms with van der Waals surface area (Å²) in [5.41, 5.74) is 5.82. The maximum absolute atomic E-state index is 10.8. The summed E-state index contributed by atoms with van der Waals surface area (Å²) in [7, 11) is 1.58. The summed E-state index contributed by atoms with van der Waals surface area (Å²) in [5.74, 6) is 0.397. The molecule has 82 valence electrons. The van der Waals surface area contributed by atoms with Gasteiger partial charge < -0.3 is 14.9 Å². The van der Waals surface area contributed by atoms with Crippen LogP contribution in [0.15, 0.2) is 34.9 Å². The van der Waals surface area contributed by atoms with Gasteiger partial charge in [0.2, 0.25) is 0 Å². The number of oxazole rings is 1.